The highest BCUT2D eigenvalue weighted by Gasteiger charge is 2.17. The average Bonchev–Trinajstić information content (AvgIpc) is 3.26. The summed E-state index contributed by atoms with van der Waals surface area (Å²) in [6, 6.07) is 15.9. The first-order valence-corrected chi connectivity index (χ1v) is 11.2. The molecule has 1 unspecified atom stereocenters. The van der Waals surface area contributed by atoms with Crippen molar-refractivity contribution in [3.8, 4) is 0 Å². The lowest BCUT2D eigenvalue weighted by Gasteiger charge is -2.20. The lowest BCUT2D eigenvalue weighted by atomic mass is 10.1. The lowest BCUT2D eigenvalue weighted by molar-refractivity contribution is 0.0951. The molecular weight excluding hydrogens is 400 g/mol. The van der Waals surface area contributed by atoms with E-state index in [1.54, 1.807) is 0 Å². The number of imidazole rings is 1. The fourth-order valence-electron chi connectivity index (χ4n) is 4.16. The first-order valence-electron chi connectivity index (χ1n) is 11.2. The molecule has 1 amide bonds. The number of hydrogen-bond donors (Lipinski definition) is 3. The molecule has 0 radical (unpaired) electrons. The van der Waals surface area contributed by atoms with Gasteiger partial charge in [-0.15, -0.1) is 0 Å². The largest absolute Gasteiger partial charge is 0.352 e. The highest BCUT2D eigenvalue weighted by Crippen LogP contribution is 2.28. The van der Waals surface area contributed by atoms with E-state index in [0.29, 0.717) is 25.2 Å². The van der Waals surface area contributed by atoms with Crippen molar-refractivity contribution in [2.75, 3.05) is 19.6 Å². The van der Waals surface area contributed by atoms with Crippen LogP contribution in [-0.4, -0.2) is 40.1 Å². The van der Waals surface area contributed by atoms with E-state index in [1.165, 1.54) is 0 Å². The Hall–Kier alpha value is -3.29. The van der Waals surface area contributed by atoms with Crippen molar-refractivity contribution in [3.05, 3.63) is 72.2 Å². The number of nitrogens with zero attached hydrogens (tertiary/aromatic N) is 3. The van der Waals surface area contributed by atoms with Crippen LogP contribution in [0.5, 0.6) is 0 Å². The highest BCUT2D eigenvalue weighted by atomic mass is 16.1. The number of nitrogens with two attached hydrogens (primary N) is 2. The number of pyridine rings is 1. The maximum Gasteiger partial charge on any atom is 0.251 e. The summed E-state index contributed by atoms with van der Waals surface area (Å²) in [5, 5.41) is 4.15. The van der Waals surface area contributed by atoms with Gasteiger partial charge in [0.05, 0.1) is 23.6 Å². The number of amides is 1. The van der Waals surface area contributed by atoms with E-state index in [2.05, 4.69) is 25.9 Å². The molecule has 2 aromatic carbocycles. The highest BCUT2D eigenvalue weighted by molar-refractivity contribution is 6.02. The third-order valence-corrected chi connectivity index (χ3v) is 5.85. The number of para-hydroxylation sites is 1. The topological polar surface area (TPSA) is 112 Å². The van der Waals surface area contributed by atoms with E-state index in [0.717, 1.165) is 53.2 Å². The number of nitrogens with one attached hydrogen (secondary N) is 1. The second kappa shape index (κ2) is 10.3. The molecule has 2 aromatic heterocycles. The van der Waals surface area contributed by atoms with Crippen molar-refractivity contribution in [2.45, 2.75) is 31.7 Å². The summed E-state index contributed by atoms with van der Waals surface area (Å²) in [7, 11) is 0. The third kappa shape index (κ3) is 4.79. The number of aromatic nitrogens is 3. The van der Waals surface area contributed by atoms with Gasteiger partial charge in [-0.25, -0.2) is 4.98 Å². The molecule has 0 aliphatic heterocycles. The van der Waals surface area contributed by atoms with E-state index in [9.17, 15) is 4.79 Å². The molecule has 166 valence electrons. The summed E-state index contributed by atoms with van der Waals surface area (Å²) >= 11 is 0. The third-order valence-electron chi connectivity index (χ3n) is 5.85. The Labute approximate surface area is 187 Å². The van der Waals surface area contributed by atoms with Crippen LogP contribution in [0.25, 0.3) is 21.9 Å². The minimum absolute atomic E-state index is 0.0630. The van der Waals surface area contributed by atoms with E-state index in [1.807, 2.05) is 55.0 Å². The number of benzene rings is 2. The van der Waals surface area contributed by atoms with Gasteiger partial charge in [-0.2, -0.15) is 0 Å². The zero-order valence-electron chi connectivity index (χ0n) is 18.2. The van der Waals surface area contributed by atoms with Gasteiger partial charge in [0.25, 0.3) is 5.91 Å². The van der Waals surface area contributed by atoms with Gasteiger partial charge >= 0.3 is 0 Å². The van der Waals surface area contributed by atoms with Crippen molar-refractivity contribution in [2.24, 2.45) is 11.5 Å². The molecule has 4 rings (SSSR count). The second-order valence-electron chi connectivity index (χ2n) is 8.03. The maximum atomic E-state index is 12.6. The predicted molar refractivity (Wildman–Crippen MR) is 129 cm³/mol. The predicted octanol–water partition coefficient (Wildman–Crippen LogP) is 3.19. The van der Waals surface area contributed by atoms with E-state index >= 15 is 0 Å². The average molecular weight is 431 g/mol. The van der Waals surface area contributed by atoms with Crippen LogP contribution in [0.2, 0.25) is 0 Å². The molecule has 7 heteroatoms. The Balaban J connectivity index is 1.50. The van der Waals surface area contributed by atoms with Crippen LogP contribution in [0.15, 0.2) is 61.1 Å². The molecule has 0 spiro atoms. The zero-order valence-corrected chi connectivity index (χ0v) is 18.2. The minimum atomic E-state index is -0.0630. The molecule has 0 saturated heterocycles. The molecule has 0 aliphatic rings. The Bertz CT molecular complexity index is 1180. The van der Waals surface area contributed by atoms with Crippen LogP contribution in [-0.2, 0) is 6.42 Å². The monoisotopic (exact) mass is 430 g/mol. The van der Waals surface area contributed by atoms with Gasteiger partial charge in [-0.3, -0.25) is 9.78 Å². The fourth-order valence-corrected chi connectivity index (χ4v) is 4.16. The van der Waals surface area contributed by atoms with Crippen LogP contribution in [0.1, 0.15) is 41.2 Å². The summed E-state index contributed by atoms with van der Waals surface area (Å²) in [5.41, 5.74) is 16.1. The van der Waals surface area contributed by atoms with Gasteiger partial charge in [0.1, 0.15) is 5.52 Å². The number of hydrogen-bond acceptors (Lipinski definition) is 5. The van der Waals surface area contributed by atoms with Crippen molar-refractivity contribution in [1.29, 1.82) is 0 Å². The van der Waals surface area contributed by atoms with E-state index < -0.39 is 0 Å². The number of carbonyl (C=O) groups excluding carboxylic acids is 1. The smallest absolute Gasteiger partial charge is 0.251 e. The molecule has 5 N–H and O–H groups in total. The molecule has 32 heavy (non-hydrogen) atoms. The van der Waals surface area contributed by atoms with Crippen molar-refractivity contribution in [3.63, 3.8) is 0 Å². The van der Waals surface area contributed by atoms with Gasteiger partial charge in [-0.1, -0.05) is 30.3 Å². The molecule has 0 fully saturated rings. The Morgan fingerprint density at radius 3 is 2.56 bits per heavy atom. The van der Waals surface area contributed by atoms with Gasteiger partial charge in [0.2, 0.25) is 0 Å². The Kier molecular flexibility index (Phi) is 7.09. The minimum Gasteiger partial charge on any atom is -0.352 e. The van der Waals surface area contributed by atoms with Crippen LogP contribution in [0.3, 0.4) is 0 Å². The lowest BCUT2D eigenvalue weighted by Crippen LogP contribution is -2.26. The number of carbonyl (C=O) groups is 1. The molecule has 0 saturated carbocycles. The van der Waals surface area contributed by atoms with Crippen LogP contribution in [0, 0.1) is 0 Å². The summed E-state index contributed by atoms with van der Waals surface area (Å²) in [6.07, 6.45) is 7.14. The number of fused-ring (bicyclic) bond motifs is 3. The quantitative estimate of drug-likeness (QED) is 0.358. The summed E-state index contributed by atoms with van der Waals surface area (Å²) < 4.78 is 2.22. The molecule has 7 nitrogen and oxygen atoms in total. The first kappa shape index (κ1) is 21.9. The summed E-state index contributed by atoms with van der Waals surface area (Å²) in [6.45, 7) is 1.80. The Morgan fingerprint density at radius 2 is 1.78 bits per heavy atom. The second-order valence-corrected chi connectivity index (χ2v) is 8.03. The fraction of sp³-hybridized carbons (Fsp3) is 0.320. The molecule has 0 aliphatic carbocycles. The molecular formula is C25H30N6O. The number of rotatable bonds is 10. The van der Waals surface area contributed by atoms with Crippen molar-refractivity contribution in [1.82, 2.24) is 19.9 Å². The van der Waals surface area contributed by atoms with Crippen LogP contribution < -0.4 is 16.8 Å². The van der Waals surface area contributed by atoms with E-state index in [4.69, 9.17) is 11.5 Å². The van der Waals surface area contributed by atoms with E-state index in [-0.39, 0.29) is 11.9 Å². The summed E-state index contributed by atoms with van der Waals surface area (Å²) in [5.74, 6) is -0.0630. The first-order chi connectivity index (χ1) is 15.7. The normalized spacial score (nSPS) is 12.3. The van der Waals surface area contributed by atoms with Gasteiger partial charge in [0, 0.05) is 23.5 Å². The Morgan fingerprint density at radius 1 is 0.969 bits per heavy atom. The SMILES string of the molecule is NCCCC(CCNC(=O)c1ccc(CCN)cc1)n1cnc2cnc3ccccc3c21. The van der Waals surface area contributed by atoms with Crippen LogP contribution >= 0.6 is 0 Å². The van der Waals surface area contributed by atoms with Crippen molar-refractivity contribution >= 4 is 27.8 Å². The zero-order chi connectivity index (χ0) is 22.3. The molecule has 4 aromatic rings. The van der Waals surface area contributed by atoms with Gasteiger partial charge in [0.15, 0.2) is 0 Å². The standard InChI is InChI=1S/C25H30N6O/c26-13-3-4-20(12-15-28-25(32)19-9-7-18(8-10-19)11-14-27)31-17-30-23-16-29-22-6-2-1-5-21(22)24(23)31/h1-2,5-10,16-17,20H,3-4,11-15,26-27H2,(H,28,32). The molecule has 1 atom stereocenters. The summed E-state index contributed by atoms with van der Waals surface area (Å²) in [4.78, 5) is 21.7. The maximum absolute atomic E-state index is 12.6. The van der Waals surface area contributed by atoms with Gasteiger partial charge < -0.3 is 21.4 Å². The molecule has 0 bridgehead atoms. The molecule has 2 heterocycles. The van der Waals surface area contributed by atoms with Crippen LogP contribution in [0.4, 0.5) is 0 Å². The van der Waals surface area contributed by atoms with Crippen molar-refractivity contribution < 1.29 is 4.79 Å². The van der Waals surface area contributed by atoms with Gasteiger partial charge in [-0.05, 0) is 62.5 Å².